The van der Waals surface area contributed by atoms with Gasteiger partial charge >= 0.3 is 0 Å². The van der Waals surface area contributed by atoms with Crippen molar-refractivity contribution in [2.24, 2.45) is 5.92 Å². The molecule has 5 heteroatoms. The highest BCUT2D eigenvalue weighted by Gasteiger charge is 2.24. The van der Waals surface area contributed by atoms with Gasteiger partial charge in [0.15, 0.2) is 0 Å². The lowest BCUT2D eigenvalue weighted by atomic mass is 9.87. The normalized spacial score (nSPS) is 12.3. The molecule has 1 amide bonds. The molecule has 0 spiro atoms. The Labute approximate surface area is 224 Å². The maximum Gasteiger partial charge on any atom is 0.246 e. The summed E-state index contributed by atoms with van der Waals surface area (Å²) in [5.41, 5.74) is 17.3. The van der Waals surface area contributed by atoms with E-state index in [0.29, 0.717) is 0 Å². The number of fused-ring (bicyclic) bond motifs is 3. The summed E-state index contributed by atoms with van der Waals surface area (Å²) < 4.78 is 2.29. The number of hydrogen-bond acceptors (Lipinski definition) is 3. The number of amides is 1. The van der Waals surface area contributed by atoms with Gasteiger partial charge in [-0.3, -0.25) is 20.0 Å². The molecule has 0 aliphatic rings. The van der Waals surface area contributed by atoms with E-state index in [4.69, 9.17) is 4.98 Å². The molecule has 0 radical (unpaired) electrons. The predicted molar refractivity (Wildman–Crippen MR) is 157 cm³/mol. The van der Waals surface area contributed by atoms with E-state index in [2.05, 4.69) is 99.3 Å². The third-order valence-electron chi connectivity index (χ3n) is 7.49. The second-order valence-corrected chi connectivity index (χ2v) is 10.8. The van der Waals surface area contributed by atoms with Crippen LogP contribution in [-0.4, -0.2) is 15.3 Å². The predicted octanol–water partition coefficient (Wildman–Crippen LogP) is 7.19. The molecule has 2 heterocycles. The number of nitrogens with one attached hydrogen (secondary N) is 2. The zero-order valence-electron chi connectivity index (χ0n) is 23.1. The summed E-state index contributed by atoms with van der Waals surface area (Å²) >= 11 is 0. The van der Waals surface area contributed by atoms with Crippen LogP contribution in [0.5, 0.6) is 0 Å². The van der Waals surface area contributed by atoms with E-state index in [1.165, 1.54) is 38.9 Å². The Morgan fingerprint density at radius 3 is 2.26 bits per heavy atom. The van der Waals surface area contributed by atoms with Crippen LogP contribution in [0.15, 0.2) is 72.8 Å². The summed E-state index contributed by atoms with van der Waals surface area (Å²) in [6.07, 6.45) is 0.778. The number of carbonyl (C=O) groups is 1. The fraction of sp³-hybridized carbons (Fsp3) is 0.273. The lowest BCUT2D eigenvalue weighted by Gasteiger charge is -2.21. The molecule has 5 aromatic rings. The summed E-state index contributed by atoms with van der Waals surface area (Å²) in [5, 5.41) is 1.25. The van der Waals surface area contributed by atoms with Gasteiger partial charge < -0.3 is 0 Å². The smallest absolute Gasteiger partial charge is 0.246 e. The molecule has 1 unspecified atom stereocenters. The highest BCUT2D eigenvalue weighted by Crippen LogP contribution is 2.32. The Kier molecular flexibility index (Phi) is 6.94. The van der Waals surface area contributed by atoms with Crippen LogP contribution in [0.25, 0.3) is 16.6 Å². The molecule has 1 atom stereocenters. The maximum absolute atomic E-state index is 13.1. The van der Waals surface area contributed by atoms with Crippen molar-refractivity contribution in [3.8, 4) is 0 Å². The zero-order chi connectivity index (χ0) is 27.0. The van der Waals surface area contributed by atoms with Gasteiger partial charge in [-0.25, -0.2) is 4.98 Å². The maximum atomic E-state index is 13.1. The fourth-order valence-corrected chi connectivity index (χ4v) is 5.43. The molecule has 2 aromatic heterocycles. The minimum atomic E-state index is -0.256. The molecule has 0 aliphatic carbocycles. The molecule has 194 valence electrons. The van der Waals surface area contributed by atoms with Crippen LogP contribution < -0.4 is 10.9 Å². The number of hydrogen-bond donors (Lipinski definition) is 2. The lowest BCUT2D eigenvalue weighted by Crippen LogP contribution is -2.36. The number of para-hydroxylation sites is 1. The molecule has 3 aromatic carbocycles. The Bertz CT molecular complexity index is 1620. The summed E-state index contributed by atoms with van der Waals surface area (Å²) in [5.74, 6) is -0.143. The number of nitrogens with zero attached hydrogens (tertiary/aromatic N) is 2. The van der Waals surface area contributed by atoms with Gasteiger partial charge in [-0.15, -0.1) is 0 Å². The van der Waals surface area contributed by atoms with Gasteiger partial charge in [0.2, 0.25) is 5.91 Å². The SMILES string of the molecule is Cc1cc(C)n2c(n1)c(Cc1ccc(C(C(=O)NNc3ccccc3)C(C)C)cc1)c1cc(C)c(C)cc12. The van der Waals surface area contributed by atoms with Crippen molar-refractivity contribution in [3.63, 3.8) is 0 Å². The van der Waals surface area contributed by atoms with E-state index in [1.54, 1.807) is 0 Å². The van der Waals surface area contributed by atoms with Crippen LogP contribution >= 0.6 is 0 Å². The Balaban J connectivity index is 1.45. The molecular formula is C33H36N4O. The molecule has 0 bridgehead atoms. The summed E-state index contributed by atoms with van der Waals surface area (Å²) in [6, 6.07) is 24.9. The molecule has 38 heavy (non-hydrogen) atoms. The summed E-state index contributed by atoms with van der Waals surface area (Å²) in [6.45, 7) is 12.7. The van der Waals surface area contributed by atoms with Crippen LogP contribution in [0.3, 0.4) is 0 Å². The third kappa shape index (κ3) is 4.89. The average molecular weight is 505 g/mol. The molecule has 0 saturated carbocycles. The van der Waals surface area contributed by atoms with Crippen LogP contribution in [0.2, 0.25) is 0 Å². The number of aryl methyl sites for hydroxylation is 4. The van der Waals surface area contributed by atoms with E-state index in [0.717, 1.165) is 29.0 Å². The van der Waals surface area contributed by atoms with E-state index >= 15 is 0 Å². The van der Waals surface area contributed by atoms with Crippen LogP contribution in [-0.2, 0) is 11.2 Å². The topological polar surface area (TPSA) is 58.4 Å². The van der Waals surface area contributed by atoms with Crippen LogP contribution in [0.1, 0.15) is 59.0 Å². The quantitative estimate of drug-likeness (QED) is 0.231. The first-order valence-electron chi connectivity index (χ1n) is 13.3. The van der Waals surface area contributed by atoms with Crippen molar-refractivity contribution >= 4 is 28.1 Å². The standard InChI is InChI=1S/C33H36N4O/c1-20(2)31(33(38)36-35-27-10-8-7-9-11-27)26-14-12-25(13-15-26)19-29-28-16-21(3)22(4)17-30(28)37-24(6)18-23(5)34-32(29)37/h7-18,20,31,35H,19H2,1-6H3,(H,36,38). The van der Waals surface area contributed by atoms with Gasteiger partial charge in [0.05, 0.1) is 17.1 Å². The van der Waals surface area contributed by atoms with Gasteiger partial charge in [0.1, 0.15) is 5.65 Å². The minimum absolute atomic E-state index is 0.0398. The Morgan fingerprint density at radius 1 is 0.895 bits per heavy atom. The molecule has 0 fully saturated rings. The van der Waals surface area contributed by atoms with E-state index < -0.39 is 0 Å². The number of aromatic nitrogens is 2. The van der Waals surface area contributed by atoms with Gasteiger partial charge in [-0.1, -0.05) is 56.3 Å². The minimum Gasteiger partial charge on any atom is -0.299 e. The summed E-state index contributed by atoms with van der Waals surface area (Å²) in [4.78, 5) is 18.1. The monoisotopic (exact) mass is 504 g/mol. The average Bonchev–Trinajstić information content (AvgIpc) is 3.16. The van der Waals surface area contributed by atoms with Crippen molar-refractivity contribution in [2.75, 3.05) is 5.43 Å². The molecule has 5 rings (SSSR count). The first-order valence-corrected chi connectivity index (χ1v) is 13.3. The second-order valence-electron chi connectivity index (χ2n) is 10.8. The number of hydrazine groups is 1. The largest absolute Gasteiger partial charge is 0.299 e. The van der Waals surface area contributed by atoms with Crippen LogP contribution in [0, 0.1) is 33.6 Å². The first kappa shape index (κ1) is 25.5. The van der Waals surface area contributed by atoms with Crippen molar-refractivity contribution in [1.29, 1.82) is 0 Å². The highest BCUT2D eigenvalue weighted by molar-refractivity contribution is 5.93. The Morgan fingerprint density at radius 2 is 1.58 bits per heavy atom. The van der Waals surface area contributed by atoms with E-state index in [1.807, 2.05) is 30.3 Å². The fourth-order valence-electron chi connectivity index (χ4n) is 5.43. The van der Waals surface area contributed by atoms with E-state index in [-0.39, 0.29) is 17.7 Å². The molecule has 0 aliphatic heterocycles. The van der Waals surface area contributed by atoms with Crippen LogP contribution in [0.4, 0.5) is 5.69 Å². The van der Waals surface area contributed by atoms with E-state index in [9.17, 15) is 4.79 Å². The van der Waals surface area contributed by atoms with Crippen molar-refractivity contribution in [3.05, 3.63) is 112 Å². The lowest BCUT2D eigenvalue weighted by molar-refractivity contribution is -0.123. The second kappa shape index (κ2) is 10.3. The van der Waals surface area contributed by atoms with Crippen molar-refractivity contribution in [1.82, 2.24) is 14.8 Å². The molecular weight excluding hydrogens is 468 g/mol. The van der Waals surface area contributed by atoms with Gasteiger partial charge in [0.25, 0.3) is 0 Å². The first-order chi connectivity index (χ1) is 18.2. The molecule has 5 nitrogen and oxygen atoms in total. The number of anilines is 1. The number of carbonyl (C=O) groups excluding carboxylic acids is 1. The molecule has 2 N–H and O–H groups in total. The van der Waals surface area contributed by atoms with Gasteiger partial charge in [-0.05, 0) is 86.2 Å². The van der Waals surface area contributed by atoms with Crippen molar-refractivity contribution in [2.45, 2.75) is 53.9 Å². The highest BCUT2D eigenvalue weighted by atomic mass is 16.2. The van der Waals surface area contributed by atoms with Gasteiger partial charge in [0, 0.05) is 28.8 Å². The Hall–Kier alpha value is -4.12. The molecule has 0 saturated heterocycles. The number of rotatable bonds is 7. The number of benzene rings is 3. The van der Waals surface area contributed by atoms with Crippen molar-refractivity contribution < 1.29 is 4.79 Å². The zero-order valence-corrected chi connectivity index (χ0v) is 23.1. The third-order valence-corrected chi connectivity index (χ3v) is 7.49. The van der Waals surface area contributed by atoms with Gasteiger partial charge in [-0.2, -0.15) is 0 Å². The summed E-state index contributed by atoms with van der Waals surface area (Å²) in [7, 11) is 0.